The number of hydrogen-bond donors (Lipinski definition) is 0. The van der Waals surface area contributed by atoms with Gasteiger partial charge in [0.15, 0.2) is 11.5 Å². The molecule has 0 unspecified atom stereocenters. The van der Waals surface area contributed by atoms with Crippen LogP contribution in [-0.4, -0.2) is 82.8 Å². The maximum atomic E-state index is 13.2. The Morgan fingerprint density at radius 1 is 0.818 bits per heavy atom. The smallest absolute Gasteiger partial charge is 0.254 e. The molecule has 4 rings (SSSR count). The van der Waals surface area contributed by atoms with Gasteiger partial charge in [0.05, 0.1) is 27.0 Å². The lowest BCUT2D eigenvalue weighted by Gasteiger charge is -2.37. The van der Waals surface area contributed by atoms with E-state index in [-0.39, 0.29) is 5.91 Å². The van der Waals surface area contributed by atoms with E-state index in [0.717, 1.165) is 82.0 Å². The van der Waals surface area contributed by atoms with Crippen LogP contribution >= 0.6 is 0 Å². The Bertz CT molecular complexity index is 957. The molecule has 0 spiro atoms. The molecule has 0 aliphatic carbocycles. The van der Waals surface area contributed by atoms with Gasteiger partial charge in [-0.3, -0.25) is 9.69 Å². The zero-order chi connectivity index (χ0) is 23.2. The van der Waals surface area contributed by atoms with Crippen LogP contribution in [0.5, 0.6) is 17.2 Å². The predicted molar refractivity (Wildman–Crippen MR) is 130 cm³/mol. The summed E-state index contributed by atoms with van der Waals surface area (Å²) >= 11 is 0. The SMILES string of the molecule is COc1cc2c(cc1OC)C(=O)N(CCCN1CCN(c3ccccc3OC)CC1)CCC2. The van der Waals surface area contributed by atoms with Crippen molar-refractivity contribution in [3.05, 3.63) is 47.5 Å². The van der Waals surface area contributed by atoms with E-state index >= 15 is 0 Å². The Morgan fingerprint density at radius 2 is 1.52 bits per heavy atom. The van der Waals surface area contributed by atoms with Crippen molar-refractivity contribution in [1.29, 1.82) is 0 Å². The molecule has 0 N–H and O–H groups in total. The van der Waals surface area contributed by atoms with E-state index in [4.69, 9.17) is 14.2 Å². The molecule has 2 aromatic rings. The van der Waals surface area contributed by atoms with Crippen molar-refractivity contribution in [3.63, 3.8) is 0 Å². The van der Waals surface area contributed by atoms with Crippen LogP contribution in [0.2, 0.25) is 0 Å². The predicted octanol–water partition coefficient (Wildman–Crippen LogP) is 3.31. The van der Waals surface area contributed by atoms with Crippen LogP contribution < -0.4 is 19.1 Å². The van der Waals surface area contributed by atoms with Crippen molar-refractivity contribution >= 4 is 11.6 Å². The van der Waals surface area contributed by atoms with Crippen molar-refractivity contribution in [2.75, 3.05) is 72.0 Å². The molecule has 1 fully saturated rings. The zero-order valence-corrected chi connectivity index (χ0v) is 20.0. The van der Waals surface area contributed by atoms with E-state index in [1.165, 1.54) is 5.69 Å². The highest BCUT2D eigenvalue weighted by atomic mass is 16.5. The van der Waals surface area contributed by atoms with E-state index < -0.39 is 0 Å². The number of nitrogens with zero attached hydrogens (tertiary/aromatic N) is 3. The zero-order valence-electron chi connectivity index (χ0n) is 20.0. The van der Waals surface area contributed by atoms with E-state index in [2.05, 4.69) is 21.9 Å². The summed E-state index contributed by atoms with van der Waals surface area (Å²) in [6, 6.07) is 12.0. The number of rotatable bonds is 8. The number of carbonyl (C=O) groups is 1. The second-order valence-electron chi connectivity index (χ2n) is 8.61. The number of hydrogen-bond acceptors (Lipinski definition) is 6. The van der Waals surface area contributed by atoms with Gasteiger partial charge in [0, 0.05) is 44.8 Å². The molecular weight excluding hydrogens is 418 g/mol. The van der Waals surface area contributed by atoms with Crippen molar-refractivity contribution in [1.82, 2.24) is 9.80 Å². The van der Waals surface area contributed by atoms with Crippen LogP contribution in [0, 0.1) is 0 Å². The molecule has 2 heterocycles. The van der Waals surface area contributed by atoms with Gasteiger partial charge in [-0.2, -0.15) is 0 Å². The first-order chi connectivity index (χ1) is 16.1. The lowest BCUT2D eigenvalue weighted by molar-refractivity contribution is 0.0752. The lowest BCUT2D eigenvalue weighted by atomic mass is 10.0. The average Bonchev–Trinajstić information content (AvgIpc) is 3.01. The van der Waals surface area contributed by atoms with Crippen molar-refractivity contribution in [3.8, 4) is 17.2 Å². The molecule has 7 nitrogen and oxygen atoms in total. The first kappa shape index (κ1) is 23.2. The highest BCUT2D eigenvalue weighted by Crippen LogP contribution is 2.33. The number of fused-ring (bicyclic) bond motifs is 1. The topological polar surface area (TPSA) is 54.5 Å². The van der Waals surface area contributed by atoms with E-state index in [0.29, 0.717) is 11.5 Å². The third kappa shape index (κ3) is 5.19. The van der Waals surface area contributed by atoms with Crippen LogP contribution in [0.1, 0.15) is 28.8 Å². The van der Waals surface area contributed by atoms with Crippen LogP contribution in [0.15, 0.2) is 36.4 Å². The van der Waals surface area contributed by atoms with Gasteiger partial charge in [0.2, 0.25) is 0 Å². The van der Waals surface area contributed by atoms with Gasteiger partial charge in [0.25, 0.3) is 5.91 Å². The normalized spacial score (nSPS) is 16.9. The summed E-state index contributed by atoms with van der Waals surface area (Å²) in [6.07, 6.45) is 2.82. The van der Waals surface area contributed by atoms with Gasteiger partial charge < -0.3 is 24.0 Å². The summed E-state index contributed by atoms with van der Waals surface area (Å²) < 4.78 is 16.4. The van der Waals surface area contributed by atoms with Crippen molar-refractivity contribution < 1.29 is 19.0 Å². The third-order valence-corrected chi connectivity index (χ3v) is 6.70. The number of ether oxygens (including phenoxy) is 3. The third-order valence-electron chi connectivity index (χ3n) is 6.70. The van der Waals surface area contributed by atoms with Crippen LogP contribution in [0.3, 0.4) is 0 Å². The molecule has 178 valence electrons. The average molecular weight is 454 g/mol. The maximum absolute atomic E-state index is 13.2. The summed E-state index contributed by atoms with van der Waals surface area (Å²) in [5, 5.41) is 0. The molecule has 2 aliphatic heterocycles. The minimum absolute atomic E-state index is 0.101. The number of piperazine rings is 1. The quantitative estimate of drug-likeness (QED) is 0.611. The molecule has 1 amide bonds. The van der Waals surface area contributed by atoms with Crippen LogP contribution in [0.25, 0.3) is 0 Å². The Labute approximate surface area is 196 Å². The Morgan fingerprint density at radius 3 is 2.24 bits per heavy atom. The summed E-state index contributed by atoms with van der Waals surface area (Å²) in [6.45, 7) is 6.58. The fourth-order valence-corrected chi connectivity index (χ4v) is 4.86. The van der Waals surface area contributed by atoms with E-state index in [9.17, 15) is 4.79 Å². The molecule has 0 aromatic heterocycles. The Balaban J connectivity index is 1.30. The van der Waals surface area contributed by atoms with Crippen molar-refractivity contribution in [2.45, 2.75) is 19.3 Å². The fraction of sp³-hybridized carbons (Fsp3) is 0.500. The highest BCUT2D eigenvalue weighted by molar-refractivity contribution is 5.97. The number of carbonyl (C=O) groups excluding carboxylic acids is 1. The molecule has 0 atom stereocenters. The summed E-state index contributed by atoms with van der Waals surface area (Å²) in [5.74, 6) is 2.33. The van der Waals surface area contributed by atoms with E-state index in [1.54, 1.807) is 21.3 Å². The number of aryl methyl sites for hydroxylation is 1. The first-order valence-electron chi connectivity index (χ1n) is 11.8. The second kappa shape index (κ2) is 10.8. The number of benzene rings is 2. The van der Waals surface area contributed by atoms with Crippen molar-refractivity contribution in [2.24, 2.45) is 0 Å². The van der Waals surface area contributed by atoms with Gasteiger partial charge in [0.1, 0.15) is 5.75 Å². The van der Waals surface area contributed by atoms with E-state index in [1.807, 2.05) is 29.2 Å². The van der Waals surface area contributed by atoms with Gasteiger partial charge >= 0.3 is 0 Å². The minimum atomic E-state index is 0.101. The number of anilines is 1. The number of methoxy groups -OCH3 is 3. The summed E-state index contributed by atoms with van der Waals surface area (Å²) in [5.41, 5.74) is 2.96. The Kier molecular flexibility index (Phi) is 7.60. The number of para-hydroxylation sites is 2. The minimum Gasteiger partial charge on any atom is -0.495 e. The summed E-state index contributed by atoms with van der Waals surface area (Å²) in [7, 11) is 4.96. The molecular formula is C26H35N3O4. The molecule has 7 heteroatoms. The molecule has 2 aliphatic rings. The highest BCUT2D eigenvalue weighted by Gasteiger charge is 2.25. The largest absolute Gasteiger partial charge is 0.495 e. The summed E-state index contributed by atoms with van der Waals surface area (Å²) in [4.78, 5) is 20.1. The first-order valence-corrected chi connectivity index (χ1v) is 11.8. The molecule has 33 heavy (non-hydrogen) atoms. The molecule has 0 radical (unpaired) electrons. The standard InChI is InChI=1S/C26H35N3O4/c1-31-23-10-5-4-9-22(23)28-16-14-27(15-17-28)11-7-13-29-12-6-8-20-18-24(32-2)25(33-3)19-21(20)26(29)30/h4-5,9-10,18-19H,6-8,11-17H2,1-3H3. The van der Waals surface area contributed by atoms with Gasteiger partial charge in [-0.25, -0.2) is 0 Å². The maximum Gasteiger partial charge on any atom is 0.254 e. The number of amides is 1. The second-order valence-corrected chi connectivity index (χ2v) is 8.61. The van der Waals surface area contributed by atoms with Crippen LogP contribution in [-0.2, 0) is 6.42 Å². The van der Waals surface area contributed by atoms with Gasteiger partial charge in [-0.05, 0) is 55.6 Å². The van der Waals surface area contributed by atoms with Gasteiger partial charge in [-0.15, -0.1) is 0 Å². The molecule has 0 bridgehead atoms. The van der Waals surface area contributed by atoms with Crippen LogP contribution in [0.4, 0.5) is 5.69 Å². The molecule has 2 aromatic carbocycles. The Hall–Kier alpha value is -2.93. The lowest BCUT2D eigenvalue weighted by Crippen LogP contribution is -2.47. The molecule has 0 saturated carbocycles. The fourth-order valence-electron chi connectivity index (χ4n) is 4.86. The molecule has 1 saturated heterocycles. The monoisotopic (exact) mass is 453 g/mol. The van der Waals surface area contributed by atoms with Gasteiger partial charge in [-0.1, -0.05) is 12.1 Å².